The largest absolute Gasteiger partial charge is 0.280 e. The van der Waals surface area contributed by atoms with Gasteiger partial charge in [-0.25, -0.2) is 4.72 Å². The Morgan fingerprint density at radius 1 is 1.32 bits per heavy atom. The van der Waals surface area contributed by atoms with Crippen molar-refractivity contribution >= 4 is 10.2 Å². The van der Waals surface area contributed by atoms with Crippen LogP contribution in [0.15, 0.2) is 42.7 Å². The van der Waals surface area contributed by atoms with Crippen LogP contribution in [0.25, 0.3) is 0 Å². The van der Waals surface area contributed by atoms with E-state index in [1.165, 1.54) is 22.5 Å². The first-order chi connectivity index (χ1) is 10.5. The van der Waals surface area contributed by atoms with E-state index < -0.39 is 10.2 Å². The van der Waals surface area contributed by atoms with Crippen LogP contribution in [0.1, 0.15) is 28.3 Å². The molecule has 2 heterocycles. The number of benzene rings is 1. The Bertz CT molecular complexity index is 775. The first-order valence-electron chi connectivity index (χ1n) is 7.22. The summed E-state index contributed by atoms with van der Waals surface area (Å²) in [5.41, 5.74) is 4.31. The summed E-state index contributed by atoms with van der Waals surface area (Å²) in [6.07, 6.45) is 4.14. The monoisotopic (exact) mass is 317 g/mol. The second-order valence-corrected chi connectivity index (χ2v) is 7.29. The zero-order valence-corrected chi connectivity index (χ0v) is 13.5. The molecule has 1 aromatic carbocycles. The maximum atomic E-state index is 12.4. The highest BCUT2D eigenvalue weighted by Crippen LogP contribution is 2.36. The number of nitrogens with one attached hydrogen (secondary N) is 1. The Hall–Kier alpha value is -1.76. The van der Waals surface area contributed by atoms with E-state index in [4.69, 9.17) is 0 Å². The van der Waals surface area contributed by atoms with Crippen molar-refractivity contribution in [1.82, 2.24) is 14.0 Å². The lowest BCUT2D eigenvalue weighted by atomic mass is 9.89. The van der Waals surface area contributed by atoms with Gasteiger partial charge in [0.2, 0.25) is 0 Å². The van der Waals surface area contributed by atoms with Gasteiger partial charge in [0.1, 0.15) is 0 Å². The van der Waals surface area contributed by atoms with Crippen molar-refractivity contribution in [3.8, 4) is 0 Å². The molecule has 0 saturated carbocycles. The van der Waals surface area contributed by atoms with Gasteiger partial charge in [-0.1, -0.05) is 29.8 Å². The standard InChI is InChI=1S/C16H19N3O2S/c1-12-5-6-15-13(10-12)7-9-19(22(20,21)17-2)16(15)14-4-3-8-18-11-14/h3-6,8,10-11,16-17H,7,9H2,1-2H3. The van der Waals surface area contributed by atoms with Crippen molar-refractivity contribution in [2.24, 2.45) is 0 Å². The molecule has 2 aromatic rings. The summed E-state index contributed by atoms with van der Waals surface area (Å²) in [5.74, 6) is 0. The van der Waals surface area contributed by atoms with Gasteiger partial charge in [0.25, 0.3) is 10.2 Å². The van der Waals surface area contributed by atoms with Gasteiger partial charge in [0.05, 0.1) is 6.04 Å². The minimum atomic E-state index is -3.52. The molecular formula is C16H19N3O2S. The molecule has 0 radical (unpaired) electrons. The Morgan fingerprint density at radius 3 is 2.82 bits per heavy atom. The second kappa shape index (κ2) is 5.79. The van der Waals surface area contributed by atoms with Gasteiger partial charge in [-0.15, -0.1) is 0 Å². The zero-order valence-electron chi connectivity index (χ0n) is 12.7. The molecular weight excluding hydrogens is 298 g/mol. The quantitative estimate of drug-likeness (QED) is 0.939. The van der Waals surface area contributed by atoms with E-state index in [2.05, 4.69) is 22.7 Å². The molecule has 0 amide bonds. The highest BCUT2D eigenvalue weighted by Gasteiger charge is 2.35. The number of rotatable bonds is 3. The van der Waals surface area contributed by atoms with Crippen LogP contribution in [0.3, 0.4) is 0 Å². The Kier molecular flexibility index (Phi) is 3.99. The average Bonchev–Trinajstić information content (AvgIpc) is 2.54. The van der Waals surface area contributed by atoms with Crippen molar-refractivity contribution in [2.75, 3.05) is 13.6 Å². The predicted molar refractivity (Wildman–Crippen MR) is 85.6 cm³/mol. The average molecular weight is 317 g/mol. The molecule has 1 unspecified atom stereocenters. The normalized spacial score (nSPS) is 18.9. The predicted octanol–water partition coefficient (Wildman–Crippen LogP) is 1.80. The minimum Gasteiger partial charge on any atom is -0.264 e. The second-order valence-electron chi connectivity index (χ2n) is 5.46. The molecule has 1 aliphatic heterocycles. The molecule has 0 spiro atoms. The van der Waals surface area contributed by atoms with Crippen LogP contribution in [0.4, 0.5) is 0 Å². The van der Waals surface area contributed by atoms with Gasteiger partial charge >= 0.3 is 0 Å². The molecule has 1 atom stereocenters. The van der Waals surface area contributed by atoms with Crippen LogP contribution < -0.4 is 4.72 Å². The minimum absolute atomic E-state index is 0.338. The molecule has 22 heavy (non-hydrogen) atoms. The molecule has 0 aliphatic carbocycles. The lowest BCUT2D eigenvalue weighted by Crippen LogP contribution is -2.45. The number of aromatic nitrogens is 1. The summed E-state index contributed by atoms with van der Waals surface area (Å²) < 4.78 is 28.8. The maximum absolute atomic E-state index is 12.4. The summed E-state index contributed by atoms with van der Waals surface area (Å²) in [4.78, 5) is 4.15. The van der Waals surface area contributed by atoms with Crippen molar-refractivity contribution in [3.63, 3.8) is 0 Å². The zero-order chi connectivity index (χ0) is 15.7. The fourth-order valence-electron chi connectivity index (χ4n) is 2.99. The molecule has 6 heteroatoms. The SMILES string of the molecule is CNS(=O)(=O)N1CCc2cc(C)ccc2C1c1cccnc1. The van der Waals surface area contributed by atoms with Crippen LogP contribution in [0, 0.1) is 6.92 Å². The van der Waals surface area contributed by atoms with Crippen molar-refractivity contribution in [3.05, 3.63) is 65.0 Å². The fourth-order valence-corrected chi connectivity index (χ4v) is 4.07. The summed E-state index contributed by atoms with van der Waals surface area (Å²) >= 11 is 0. The summed E-state index contributed by atoms with van der Waals surface area (Å²) in [7, 11) is -2.07. The Morgan fingerprint density at radius 2 is 2.14 bits per heavy atom. The van der Waals surface area contributed by atoms with Crippen molar-refractivity contribution in [1.29, 1.82) is 0 Å². The van der Waals surface area contributed by atoms with E-state index in [1.807, 2.05) is 24.3 Å². The summed E-state index contributed by atoms with van der Waals surface area (Å²) in [6.45, 7) is 2.51. The van der Waals surface area contributed by atoms with E-state index in [0.717, 1.165) is 11.1 Å². The van der Waals surface area contributed by atoms with E-state index >= 15 is 0 Å². The number of pyridine rings is 1. The third-order valence-electron chi connectivity index (χ3n) is 4.05. The van der Waals surface area contributed by atoms with E-state index in [9.17, 15) is 8.42 Å². The lowest BCUT2D eigenvalue weighted by Gasteiger charge is -2.36. The van der Waals surface area contributed by atoms with Crippen molar-refractivity contribution < 1.29 is 8.42 Å². The third-order valence-corrected chi connectivity index (χ3v) is 5.58. The highest BCUT2D eigenvalue weighted by molar-refractivity contribution is 7.87. The van der Waals surface area contributed by atoms with E-state index in [1.54, 1.807) is 12.4 Å². The molecule has 0 fully saturated rings. The van der Waals surface area contributed by atoms with Crippen LogP contribution >= 0.6 is 0 Å². The van der Waals surface area contributed by atoms with Crippen LogP contribution in [-0.4, -0.2) is 31.3 Å². The number of hydrogen-bond acceptors (Lipinski definition) is 3. The molecule has 1 N–H and O–H groups in total. The fraction of sp³-hybridized carbons (Fsp3) is 0.312. The Labute approximate surface area is 131 Å². The molecule has 3 rings (SSSR count). The van der Waals surface area contributed by atoms with Crippen LogP contribution in [0.2, 0.25) is 0 Å². The van der Waals surface area contributed by atoms with Gasteiger partial charge in [0.15, 0.2) is 0 Å². The first-order valence-corrected chi connectivity index (χ1v) is 8.66. The summed E-state index contributed by atoms with van der Waals surface area (Å²) in [5, 5.41) is 0. The maximum Gasteiger partial charge on any atom is 0.280 e. The smallest absolute Gasteiger partial charge is 0.264 e. The van der Waals surface area contributed by atoms with Gasteiger partial charge in [0, 0.05) is 26.0 Å². The van der Waals surface area contributed by atoms with Gasteiger partial charge < -0.3 is 0 Å². The summed E-state index contributed by atoms with van der Waals surface area (Å²) in [6, 6.07) is 9.61. The molecule has 0 bridgehead atoms. The van der Waals surface area contributed by atoms with Crippen molar-refractivity contribution in [2.45, 2.75) is 19.4 Å². The lowest BCUT2D eigenvalue weighted by molar-refractivity contribution is 0.340. The van der Waals surface area contributed by atoms with E-state index in [-0.39, 0.29) is 6.04 Å². The van der Waals surface area contributed by atoms with E-state index in [0.29, 0.717) is 13.0 Å². The molecule has 1 aliphatic rings. The molecule has 1 aromatic heterocycles. The third kappa shape index (κ3) is 2.65. The molecule has 116 valence electrons. The topological polar surface area (TPSA) is 62.3 Å². The van der Waals surface area contributed by atoms with Crippen LogP contribution in [0.5, 0.6) is 0 Å². The highest BCUT2D eigenvalue weighted by atomic mass is 32.2. The number of hydrogen-bond donors (Lipinski definition) is 1. The van der Waals surface area contributed by atoms with Gasteiger partial charge in [-0.05, 0) is 36.1 Å². The molecule has 5 nitrogen and oxygen atoms in total. The van der Waals surface area contributed by atoms with Gasteiger partial charge in [-0.3, -0.25) is 4.98 Å². The number of fused-ring (bicyclic) bond motifs is 1. The van der Waals surface area contributed by atoms with Crippen LogP contribution in [-0.2, 0) is 16.6 Å². The molecule has 0 saturated heterocycles. The first kappa shape index (κ1) is 15.1. The number of aryl methyl sites for hydroxylation is 1. The Balaban J connectivity index is 2.17. The van der Waals surface area contributed by atoms with Gasteiger partial charge in [-0.2, -0.15) is 12.7 Å². The number of nitrogens with zero attached hydrogens (tertiary/aromatic N) is 2.